The zero-order chi connectivity index (χ0) is 17.0. The first-order valence-corrected chi connectivity index (χ1v) is 7.09. The Kier molecular flexibility index (Phi) is 4.95. The highest BCUT2D eigenvalue weighted by molar-refractivity contribution is 5.39. The van der Waals surface area contributed by atoms with Gasteiger partial charge < -0.3 is 9.64 Å². The van der Waals surface area contributed by atoms with E-state index in [1.54, 1.807) is 24.3 Å². The van der Waals surface area contributed by atoms with Crippen LogP contribution in [-0.4, -0.2) is 28.4 Å². The molecule has 0 N–H and O–H groups in total. The van der Waals surface area contributed by atoms with Crippen LogP contribution in [0.25, 0.3) is 0 Å². The smallest absolute Gasteiger partial charge is 0.280 e. The van der Waals surface area contributed by atoms with Gasteiger partial charge in [-0.05, 0) is 24.1 Å². The molecule has 0 amide bonds. The third-order valence-electron chi connectivity index (χ3n) is 3.54. The van der Waals surface area contributed by atoms with Gasteiger partial charge in [0.15, 0.2) is 5.92 Å². The van der Waals surface area contributed by atoms with Crippen LogP contribution in [0.4, 0.5) is 0 Å². The number of methoxy groups -OCH3 is 1. The Morgan fingerprint density at radius 2 is 1.61 bits per heavy atom. The molecule has 0 bridgehead atoms. The number of rotatable bonds is 6. The van der Waals surface area contributed by atoms with Crippen molar-refractivity contribution >= 4 is 0 Å². The molecule has 1 heterocycles. The average molecular weight is 319 g/mol. The number of hydrogen-bond donors (Lipinski definition) is 0. The van der Waals surface area contributed by atoms with Gasteiger partial charge in [-0.25, -0.2) is 0 Å². The summed E-state index contributed by atoms with van der Waals surface area (Å²) in [6.07, 6.45) is 3.45. The van der Waals surface area contributed by atoms with E-state index in [0.717, 1.165) is 6.42 Å². The second kappa shape index (κ2) is 6.91. The standard InChI is InChI=1S/C15H17N3O5/c1-3-8-16-9-13(17(19)20)15(14(10-16)18(21)22)11-4-6-12(23-2)7-5-11/h4-7,9-10,15H,3,8H2,1-2H3. The zero-order valence-electron chi connectivity index (χ0n) is 12.8. The molecular weight excluding hydrogens is 302 g/mol. The fourth-order valence-electron chi connectivity index (χ4n) is 2.51. The highest BCUT2D eigenvalue weighted by Gasteiger charge is 2.41. The predicted octanol–water partition coefficient (Wildman–Crippen LogP) is 2.74. The SMILES string of the molecule is CCCN1C=C([N+](=O)[O-])C(c2ccc(OC)cc2)C([N+](=O)[O-])=C1. The van der Waals surface area contributed by atoms with Crippen LogP contribution in [0.5, 0.6) is 5.75 Å². The summed E-state index contributed by atoms with van der Waals surface area (Å²) in [6, 6.07) is 6.47. The minimum absolute atomic E-state index is 0.210. The first-order chi connectivity index (χ1) is 11.0. The van der Waals surface area contributed by atoms with Gasteiger partial charge in [-0.2, -0.15) is 0 Å². The van der Waals surface area contributed by atoms with E-state index in [1.165, 1.54) is 24.4 Å². The summed E-state index contributed by atoms with van der Waals surface area (Å²) in [7, 11) is 1.50. The second-order valence-electron chi connectivity index (χ2n) is 5.07. The van der Waals surface area contributed by atoms with Crippen LogP contribution < -0.4 is 4.74 Å². The van der Waals surface area contributed by atoms with Gasteiger partial charge in [-0.15, -0.1) is 0 Å². The van der Waals surface area contributed by atoms with Gasteiger partial charge in [-0.1, -0.05) is 19.1 Å². The molecule has 1 aliphatic heterocycles. The van der Waals surface area contributed by atoms with Gasteiger partial charge in [0.25, 0.3) is 11.4 Å². The maximum atomic E-state index is 11.4. The number of nitro groups is 2. The molecule has 0 unspecified atom stereocenters. The van der Waals surface area contributed by atoms with Crippen molar-refractivity contribution in [3.05, 3.63) is 73.9 Å². The molecule has 0 aliphatic carbocycles. The number of hydrogen-bond acceptors (Lipinski definition) is 6. The molecule has 0 aromatic heterocycles. The lowest BCUT2D eigenvalue weighted by molar-refractivity contribution is -0.456. The second-order valence-corrected chi connectivity index (χ2v) is 5.07. The zero-order valence-corrected chi connectivity index (χ0v) is 12.8. The van der Waals surface area contributed by atoms with E-state index in [1.807, 2.05) is 6.92 Å². The quantitative estimate of drug-likeness (QED) is 0.590. The molecule has 1 aliphatic rings. The van der Waals surface area contributed by atoms with Gasteiger partial charge in [0.1, 0.15) is 5.75 Å². The van der Waals surface area contributed by atoms with E-state index >= 15 is 0 Å². The third kappa shape index (κ3) is 3.47. The fourth-order valence-corrected chi connectivity index (χ4v) is 2.51. The third-order valence-corrected chi connectivity index (χ3v) is 3.54. The lowest BCUT2D eigenvalue weighted by Gasteiger charge is -2.23. The van der Waals surface area contributed by atoms with Crippen molar-refractivity contribution in [2.45, 2.75) is 19.3 Å². The van der Waals surface area contributed by atoms with E-state index in [9.17, 15) is 20.2 Å². The first kappa shape index (κ1) is 16.5. The number of nitrogens with zero attached hydrogens (tertiary/aromatic N) is 3. The van der Waals surface area contributed by atoms with Gasteiger partial charge in [0.05, 0.1) is 29.4 Å². The summed E-state index contributed by atoms with van der Waals surface area (Å²) in [5.74, 6) is -0.436. The predicted molar refractivity (Wildman–Crippen MR) is 82.9 cm³/mol. The normalized spacial score (nSPS) is 15.0. The minimum atomic E-state index is -1.01. The summed E-state index contributed by atoms with van der Waals surface area (Å²) in [4.78, 5) is 23.2. The van der Waals surface area contributed by atoms with Crippen LogP contribution in [0.3, 0.4) is 0 Å². The van der Waals surface area contributed by atoms with Crippen molar-refractivity contribution in [2.24, 2.45) is 0 Å². The molecule has 8 heteroatoms. The van der Waals surface area contributed by atoms with Crippen molar-refractivity contribution in [1.82, 2.24) is 4.90 Å². The molecular formula is C15H17N3O5. The van der Waals surface area contributed by atoms with Crippen LogP contribution in [0.1, 0.15) is 24.8 Å². The van der Waals surface area contributed by atoms with Gasteiger partial charge in [0.2, 0.25) is 0 Å². The highest BCUT2D eigenvalue weighted by atomic mass is 16.6. The van der Waals surface area contributed by atoms with Crippen molar-refractivity contribution in [1.29, 1.82) is 0 Å². The molecule has 0 saturated carbocycles. The monoisotopic (exact) mass is 319 g/mol. The van der Waals surface area contributed by atoms with Crippen molar-refractivity contribution in [3.8, 4) is 5.75 Å². The summed E-state index contributed by atoms with van der Waals surface area (Å²) in [6.45, 7) is 2.37. The Bertz CT molecular complexity index is 634. The van der Waals surface area contributed by atoms with Crippen LogP contribution in [0.15, 0.2) is 48.1 Å². The van der Waals surface area contributed by atoms with Gasteiger partial charge >= 0.3 is 0 Å². The van der Waals surface area contributed by atoms with E-state index in [4.69, 9.17) is 4.74 Å². The molecule has 1 aromatic carbocycles. The van der Waals surface area contributed by atoms with Crippen molar-refractivity contribution < 1.29 is 14.6 Å². The van der Waals surface area contributed by atoms with Crippen LogP contribution in [0, 0.1) is 20.2 Å². The molecule has 0 atom stereocenters. The lowest BCUT2D eigenvalue weighted by Crippen LogP contribution is -2.27. The number of ether oxygens (including phenoxy) is 1. The van der Waals surface area contributed by atoms with E-state index in [0.29, 0.717) is 17.9 Å². The van der Waals surface area contributed by atoms with Crippen LogP contribution in [-0.2, 0) is 0 Å². The maximum Gasteiger partial charge on any atom is 0.280 e. The summed E-state index contributed by atoms with van der Waals surface area (Å²) in [5, 5.41) is 22.8. The largest absolute Gasteiger partial charge is 0.497 e. The average Bonchev–Trinajstić information content (AvgIpc) is 2.54. The molecule has 0 radical (unpaired) electrons. The minimum Gasteiger partial charge on any atom is -0.497 e. The van der Waals surface area contributed by atoms with Gasteiger partial charge in [0, 0.05) is 6.54 Å². The fraction of sp³-hybridized carbons (Fsp3) is 0.333. The molecule has 1 aromatic rings. The topological polar surface area (TPSA) is 98.8 Å². The van der Waals surface area contributed by atoms with Crippen molar-refractivity contribution in [2.75, 3.05) is 13.7 Å². The van der Waals surface area contributed by atoms with Crippen molar-refractivity contribution in [3.63, 3.8) is 0 Å². The molecule has 122 valence electrons. The van der Waals surface area contributed by atoms with E-state index in [-0.39, 0.29) is 11.4 Å². The maximum absolute atomic E-state index is 11.4. The molecule has 8 nitrogen and oxygen atoms in total. The Morgan fingerprint density at radius 1 is 1.09 bits per heavy atom. The summed E-state index contributed by atoms with van der Waals surface area (Å²) < 4.78 is 5.05. The van der Waals surface area contributed by atoms with E-state index < -0.39 is 15.8 Å². The summed E-state index contributed by atoms with van der Waals surface area (Å²) >= 11 is 0. The Labute approximate surface area is 133 Å². The first-order valence-electron chi connectivity index (χ1n) is 7.09. The molecule has 0 saturated heterocycles. The molecule has 0 spiro atoms. The Hall–Kier alpha value is -2.90. The molecule has 23 heavy (non-hydrogen) atoms. The molecule has 0 fully saturated rings. The lowest BCUT2D eigenvalue weighted by atomic mass is 9.91. The van der Waals surface area contributed by atoms with E-state index in [2.05, 4.69) is 0 Å². The van der Waals surface area contributed by atoms with Crippen LogP contribution in [0.2, 0.25) is 0 Å². The van der Waals surface area contributed by atoms with Crippen LogP contribution >= 0.6 is 0 Å². The summed E-state index contributed by atoms with van der Waals surface area (Å²) in [5.41, 5.74) is 0.0588. The molecule has 2 rings (SSSR count). The Morgan fingerprint density at radius 3 is 2.00 bits per heavy atom. The number of benzene rings is 1. The van der Waals surface area contributed by atoms with Gasteiger partial charge in [-0.3, -0.25) is 20.2 Å². The Balaban J connectivity index is 2.50. The highest BCUT2D eigenvalue weighted by Crippen LogP contribution is 2.36.